The van der Waals surface area contributed by atoms with Gasteiger partial charge in [0.05, 0.1) is 6.54 Å². The van der Waals surface area contributed by atoms with Gasteiger partial charge in [-0.15, -0.1) is 0 Å². The van der Waals surface area contributed by atoms with Crippen molar-refractivity contribution in [3.05, 3.63) is 0 Å². The first-order valence-corrected chi connectivity index (χ1v) is 11.9. The predicted molar refractivity (Wildman–Crippen MR) is 122 cm³/mol. The summed E-state index contributed by atoms with van der Waals surface area (Å²) in [4.78, 5) is 69.2. The Hall–Kier alpha value is -3.38. The van der Waals surface area contributed by atoms with Crippen molar-refractivity contribution in [2.75, 3.05) is 13.1 Å². The summed E-state index contributed by atoms with van der Waals surface area (Å²) in [6.45, 7) is 0.146. The third-order valence-corrected chi connectivity index (χ3v) is 5.73. The minimum atomic E-state index is -1.36. The number of urea groups is 1. The quantitative estimate of drug-likeness (QED) is 0.146. The van der Waals surface area contributed by atoms with Crippen molar-refractivity contribution < 1.29 is 44.1 Å². The van der Waals surface area contributed by atoms with Crippen LogP contribution in [0, 0.1) is 5.92 Å². The molecule has 1 saturated carbocycles. The van der Waals surface area contributed by atoms with Crippen LogP contribution in [0.4, 0.5) is 4.79 Å². The molecule has 13 nitrogen and oxygen atoms in total. The number of carboxylic acid groups (broad SMARTS) is 3. The predicted octanol–water partition coefficient (Wildman–Crippen LogP) is 0.430. The highest BCUT2D eigenvalue weighted by molar-refractivity contribution is 5.86. The normalized spacial score (nSPS) is 15.3. The van der Waals surface area contributed by atoms with E-state index < -0.39 is 36.0 Å². The highest BCUT2D eigenvalue weighted by atomic mass is 16.4. The molecule has 0 spiro atoms. The van der Waals surface area contributed by atoms with Crippen molar-refractivity contribution in [3.63, 3.8) is 0 Å². The van der Waals surface area contributed by atoms with Crippen molar-refractivity contribution in [1.29, 1.82) is 0 Å². The van der Waals surface area contributed by atoms with E-state index in [9.17, 15) is 33.9 Å². The van der Waals surface area contributed by atoms with Gasteiger partial charge in [0.25, 0.3) is 0 Å². The van der Waals surface area contributed by atoms with E-state index in [-0.39, 0.29) is 56.5 Å². The van der Waals surface area contributed by atoms with Crippen molar-refractivity contribution in [2.45, 2.75) is 82.7 Å². The van der Waals surface area contributed by atoms with Gasteiger partial charge in [0.1, 0.15) is 12.1 Å². The second kappa shape index (κ2) is 16.3. The lowest BCUT2D eigenvalue weighted by molar-refractivity contribution is -0.140. The van der Waals surface area contributed by atoms with Crippen LogP contribution in [0.25, 0.3) is 0 Å². The molecule has 0 unspecified atom stereocenters. The lowest BCUT2D eigenvalue weighted by atomic mass is 9.89. The molecular formula is C22H36N4O9. The van der Waals surface area contributed by atoms with Crippen LogP contribution < -0.4 is 21.3 Å². The Balaban J connectivity index is 2.28. The molecule has 35 heavy (non-hydrogen) atoms. The molecule has 198 valence electrons. The second-order valence-electron chi connectivity index (χ2n) is 8.58. The summed E-state index contributed by atoms with van der Waals surface area (Å²) in [6.07, 6.45) is 5.34. The first-order valence-electron chi connectivity index (χ1n) is 11.9. The van der Waals surface area contributed by atoms with E-state index in [1.54, 1.807) is 0 Å². The second-order valence-corrected chi connectivity index (χ2v) is 8.58. The van der Waals surface area contributed by atoms with E-state index in [4.69, 9.17) is 10.2 Å². The molecule has 0 bridgehead atoms. The standard InChI is InChI=1S/C22H36N4O9/c27-17(13-24-19(30)14-7-2-1-3-8-14)23-12-5-4-9-15(20(31)32)25-22(35)26-16(21(33)34)10-6-11-18(28)29/h14-16H,1-13H2,(H,23,27)(H,24,30)(H,28,29)(H,31,32)(H,33,34)(H2,25,26,35)/t15-,16-/m0/s1. The number of hydrogen-bond acceptors (Lipinski definition) is 6. The number of hydrogen-bond donors (Lipinski definition) is 7. The number of carbonyl (C=O) groups is 6. The molecule has 1 rings (SSSR count). The van der Waals surface area contributed by atoms with Gasteiger partial charge in [-0.2, -0.15) is 0 Å². The number of carboxylic acids is 3. The number of rotatable bonds is 16. The summed E-state index contributed by atoms with van der Waals surface area (Å²) in [5.41, 5.74) is 0. The number of aliphatic carboxylic acids is 3. The van der Waals surface area contributed by atoms with Crippen LogP contribution in [0.5, 0.6) is 0 Å². The molecule has 0 radical (unpaired) electrons. The van der Waals surface area contributed by atoms with E-state index in [2.05, 4.69) is 21.3 Å². The fraction of sp³-hybridized carbons (Fsp3) is 0.727. The average molecular weight is 501 g/mol. The highest BCUT2D eigenvalue weighted by Gasteiger charge is 2.24. The maximum atomic E-state index is 12.0. The van der Waals surface area contributed by atoms with Gasteiger partial charge in [0.15, 0.2) is 0 Å². The number of carbonyl (C=O) groups excluding carboxylic acids is 3. The summed E-state index contributed by atoms with van der Waals surface area (Å²) in [7, 11) is 0. The Morgan fingerprint density at radius 1 is 0.743 bits per heavy atom. The fourth-order valence-corrected chi connectivity index (χ4v) is 3.77. The van der Waals surface area contributed by atoms with Gasteiger partial charge in [-0.05, 0) is 44.9 Å². The minimum Gasteiger partial charge on any atom is -0.481 e. The molecule has 0 aliphatic heterocycles. The molecule has 0 heterocycles. The maximum absolute atomic E-state index is 12.0. The Morgan fingerprint density at radius 2 is 1.31 bits per heavy atom. The van der Waals surface area contributed by atoms with Crippen LogP contribution in [0.15, 0.2) is 0 Å². The molecule has 13 heteroatoms. The summed E-state index contributed by atoms with van der Waals surface area (Å²) >= 11 is 0. The molecule has 2 atom stereocenters. The Bertz CT molecular complexity index is 753. The average Bonchev–Trinajstić information content (AvgIpc) is 2.81. The van der Waals surface area contributed by atoms with Gasteiger partial charge in [0.2, 0.25) is 11.8 Å². The minimum absolute atomic E-state index is 0.0327. The van der Waals surface area contributed by atoms with Gasteiger partial charge < -0.3 is 36.6 Å². The molecular weight excluding hydrogens is 464 g/mol. The first-order chi connectivity index (χ1) is 16.6. The highest BCUT2D eigenvalue weighted by Crippen LogP contribution is 2.23. The molecule has 7 N–H and O–H groups in total. The van der Waals surface area contributed by atoms with Crippen molar-refractivity contribution >= 4 is 35.8 Å². The number of unbranched alkanes of at least 4 members (excludes halogenated alkanes) is 1. The van der Waals surface area contributed by atoms with Gasteiger partial charge in [-0.3, -0.25) is 14.4 Å². The SMILES string of the molecule is O=C(O)CCC[C@H](NC(=O)N[C@@H](CCCCNC(=O)CNC(=O)C1CCCCC1)C(=O)O)C(=O)O. The van der Waals surface area contributed by atoms with E-state index >= 15 is 0 Å². The van der Waals surface area contributed by atoms with E-state index in [0.29, 0.717) is 12.8 Å². The molecule has 0 aromatic rings. The van der Waals surface area contributed by atoms with Crippen LogP contribution >= 0.6 is 0 Å². The zero-order chi connectivity index (χ0) is 26.2. The monoisotopic (exact) mass is 500 g/mol. The molecule has 1 fully saturated rings. The van der Waals surface area contributed by atoms with E-state index in [1.807, 2.05) is 0 Å². The fourth-order valence-electron chi connectivity index (χ4n) is 3.77. The lowest BCUT2D eigenvalue weighted by Crippen LogP contribution is -2.51. The number of nitrogens with one attached hydrogen (secondary N) is 4. The van der Waals surface area contributed by atoms with Crippen LogP contribution in [0.2, 0.25) is 0 Å². The molecule has 4 amide bonds. The van der Waals surface area contributed by atoms with Crippen molar-refractivity contribution in [1.82, 2.24) is 21.3 Å². The van der Waals surface area contributed by atoms with E-state index in [0.717, 1.165) is 32.1 Å². The summed E-state index contributed by atoms with van der Waals surface area (Å²) in [6, 6.07) is -3.60. The Kier molecular flexibility index (Phi) is 13.8. The lowest BCUT2D eigenvalue weighted by Gasteiger charge is -2.20. The molecule has 0 aromatic carbocycles. The van der Waals surface area contributed by atoms with Crippen molar-refractivity contribution in [3.8, 4) is 0 Å². The summed E-state index contributed by atoms with van der Waals surface area (Å²) in [5, 5.41) is 36.7. The summed E-state index contributed by atoms with van der Waals surface area (Å²) in [5.74, 6) is -4.24. The largest absolute Gasteiger partial charge is 0.481 e. The van der Waals surface area contributed by atoms with Crippen LogP contribution in [-0.4, -0.2) is 76.2 Å². The Morgan fingerprint density at radius 3 is 1.86 bits per heavy atom. The zero-order valence-electron chi connectivity index (χ0n) is 19.7. The first kappa shape index (κ1) is 29.7. The van der Waals surface area contributed by atoms with Crippen molar-refractivity contribution in [2.24, 2.45) is 5.92 Å². The topological polar surface area (TPSA) is 211 Å². The zero-order valence-corrected chi connectivity index (χ0v) is 19.7. The number of amides is 4. The molecule has 1 aliphatic rings. The van der Waals surface area contributed by atoms with Gasteiger partial charge in [-0.25, -0.2) is 14.4 Å². The Labute approximate surface area is 203 Å². The summed E-state index contributed by atoms with van der Waals surface area (Å²) < 4.78 is 0. The third-order valence-electron chi connectivity index (χ3n) is 5.73. The maximum Gasteiger partial charge on any atom is 0.326 e. The molecule has 1 aliphatic carbocycles. The van der Waals surface area contributed by atoms with Gasteiger partial charge >= 0.3 is 23.9 Å². The van der Waals surface area contributed by atoms with Crippen LogP contribution in [0.1, 0.15) is 70.6 Å². The smallest absolute Gasteiger partial charge is 0.326 e. The molecule has 0 aromatic heterocycles. The van der Waals surface area contributed by atoms with Gasteiger partial charge in [-0.1, -0.05) is 19.3 Å². The molecule has 0 saturated heterocycles. The van der Waals surface area contributed by atoms with Gasteiger partial charge in [0, 0.05) is 18.9 Å². The van der Waals surface area contributed by atoms with Crippen LogP contribution in [-0.2, 0) is 24.0 Å². The third kappa shape index (κ3) is 13.2. The van der Waals surface area contributed by atoms with Crippen LogP contribution in [0.3, 0.4) is 0 Å². The van der Waals surface area contributed by atoms with E-state index in [1.165, 1.54) is 0 Å².